The highest BCUT2D eigenvalue weighted by molar-refractivity contribution is 5.77. The molecule has 0 bridgehead atoms. The van der Waals surface area contributed by atoms with Crippen LogP contribution in [0, 0.1) is 26.7 Å². The standard InChI is InChI=1S/C17H28N2O/c1-11(2)17(20)19-8-7-18-15(6)16-10-13(4)12(3)9-14(16)5/h9-11,15,18H,7-8H2,1-6H3,(H,19,20). The van der Waals surface area contributed by atoms with E-state index in [1.54, 1.807) is 0 Å². The summed E-state index contributed by atoms with van der Waals surface area (Å²) in [6.07, 6.45) is 0. The molecule has 0 aromatic heterocycles. The lowest BCUT2D eigenvalue weighted by atomic mass is 9.96. The maximum atomic E-state index is 11.5. The van der Waals surface area contributed by atoms with Gasteiger partial charge in [-0.25, -0.2) is 0 Å². The number of rotatable bonds is 6. The second-order valence-corrected chi connectivity index (χ2v) is 5.91. The van der Waals surface area contributed by atoms with Crippen molar-refractivity contribution in [3.05, 3.63) is 34.4 Å². The molecule has 2 N–H and O–H groups in total. The smallest absolute Gasteiger partial charge is 0.222 e. The number of hydrogen-bond donors (Lipinski definition) is 2. The highest BCUT2D eigenvalue weighted by Crippen LogP contribution is 2.21. The average Bonchev–Trinajstić information content (AvgIpc) is 2.38. The molecule has 112 valence electrons. The minimum Gasteiger partial charge on any atom is -0.355 e. The van der Waals surface area contributed by atoms with Gasteiger partial charge in [-0.05, 0) is 49.9 Å². The lowest BCUT2D eigenvalue weighted by molar-refractivity contribution is -0.123. The number of benzene rings is 1. The fourth-order valence-corrected chi connectivity index (χ4v) is 2.24. The molecule has 0 fully saturated rings. The monoisotopic (exact) mass is 276 g/mol. The largest absolute Gasteiger partial charge is 0.355 e. The Labute approximate surface area is 123 Å². The molecule has 3 heteroatoms. The summed E-state index contributed by atoms with van der Waals surface area (Å²) in [5.74, 6) is 0.163. The molecule has 0 aliphatic heterocycles. The summed E-state index contributed by atoms with van der Waals surface area (Å²) in [6, 6.07) is 4.79. The van der Waals surface area contributed by atoms with Crippen LogP contribution in [-0.2, 0) is 4.79 Å². The first-order valence-corrected chi connectivity index (χ1v) is 7.41. The van der Waals surface area contributed by atoms with Crippen LogP contribution in [0.1, 0.15) is 49.1 Å². The van der Waals surface area contributed by atoms with Gasteiger partial charge in [0.05, 0.1) is 0 Å². The van der Waals surface area contributed by atoms with Crippen molar-refractivity contribution in [2.45, 2.75) is 47.6 Å². The van der Waals surface area contributed by atoms with Gasteiger partial charge < -0.3 is 10.6 Å². The third-order valence-electron chi connectivity index (χ3n) is 3.75. The molecule has 0 saturated heterocycles. The molecule has 0 radical (unpaired) electrons. The molecule has 0 aliphatic rings. The first kappa shape index (κ1) is 16.7. The highest BCUT2D eigenvalue weighted by atomic mass is 16.1. The fourth-order valence-electron chi connectivity index (χ4n) is 2.24. The van der Waals surface area contributed by atoms with Gasteiger partial charge in [-0.3, -0.25) is 4.79 Å². The Morgan fingerprint density at radius 1 is 1.00 bits per heavy atom. The van der Waals surface area contributed by atoms with Crippen LogP contribution >= 0.6 is 0 Å². The Morgan fingerprint density at radius 3 is 2.20 bits per heavy atom. The summed E-state index contributed by atoms with van der Waals surface area (Å²) in [6.45, 7) is 13.9. The zero-order valence-electron chi connectivity index (χ0n) is 13.6. The molecule has 3 nitrogen and oxygen atoms in total. The molecule has 1 aromatic carbocycles. The number of aryl methyl sites for hydroxylation is 3. The second kappa shape index (κ2) is 7.44. The van der Waals surface area contributed by atoms with Crippen molar-refractivity contribution in [3.63, 3.8) is 0 Å². The van der Waals surface area contributed by atoms with Crippen molar-refractivity contribution in [1.82, 2.24) is 10.6 Å². The van der Waals surface area contributed by atoms with Crippen LogP contribution < -0.4 is 10.6 Å². The number of amides is 1. The predicted octanol–water partition coefficient (Wildman–Crippen LogP) is 3.03. The lowest BCUT2D eigenvalue weighted by Gasteiger charge is -2.19. The fraction of sp³-hybridized carbons (Fsp3) is 0.588. The van der Waals surface area contributed by atoms with E-state index in [4.69, 9.17) is 0 Å². The van der Waals surface area contributed by atoms with Gasteiger partial charge in [0.15, 0.2) is 0 Å². The first-order valence-electron chi connectivity index (χ1n) is 7.41. The quantitative estimate of drug-likeness (QED) is 0.784. The Balaban J connectivity index is 2.49. The number of nitrogens with one attached hydrogen (secondary N) is 2. The maximum Gasteiger partial charge on any atom is 0.222 e. The van der Waals surface area contributed by atoms with Crippen LogP contribution in [0.3, 0.4) is 0 Å². The van der Waals surface area contributed by atoms with Crippen molar-refractivity contribution >= 4 is 5.91 Å². The van der Waals surface area contributed by atoms with Crippen LogP contribution in [0.4, 0.5) is 0 Å². The van der Waals surface area contributed by atoms with Crippen molar-refractivity contribution in [3.8, 4) is 0 Å². The molecule has 1 unspecified atom stereocenters. The van der Waals surface area contributed by atoms with E-state index in [2.05, 4.69) is 50.5 Å². The van der Waals surface area contributed by atoms with Crippen molar-refractivity contribution < 1.29 is 4.79 Å². The summed E-state index contributed by atoms with van der Waals surface area (Å²) >= 11 is 0. The Kier molecular flexibility index (Phi) is 6.21. The molecular formula is C17H28N2O. The van der Waals surface area contributed by atoms with Crippen molar-refractivity contribution in [2.75, 3.05) is 13.1 Å². The van der Waals surface area contributed by atoms with Gasteiger partial charge in [0.2, 0.25) is 5.91 Å². The molecular weight excluding hydrogens is 248 g/mol. The Hall–Kier alpha value is -1.35. The van der Waals surface area contributed by atoms with Crippen LogP contribution in [0.5, 0.6) is 0 Å². The third-order valence-corrected chi connectivity index (χ3v) is 3.75. The van der Waals surface area contributed by atoms with E-state index >= 15 is 0 Å². The minimum atomic E-state index is 0.0504. The zero-order chi connectivity index (χ0) is 15.3. The Morgan fingerprint density at radius 2 is 1.60 bits per heavy atom. The average molecular weight is 276 g/mol. The molecule has 1 atom stereocenters. The van der Waals surface area contributed by atoms with Crippen molar-refractivity contribution in [2.24, 2.45) is 5.92 Å². The van der Waals surface area contributed by atoms with E-state index in [1.165, 1.54) is 22.3 Å². The maximum absolute atomic E-state index is 11.5. The normalized spacial score (nSPS) is 12.6. The summed E-state index contributed by atoms with van der Waals surface area (Å²) in [7, 11) is 0. The van der Waals surface area contributed by atoms with E-state index < -0.39 is 0 Å². The third kappa shape index (κ3) is 4.64. The van der Waals surface area contributed by atoms with Crippen LogP contribution in [0.2, 0.25) is 0 Å². The second-order valence-electron chi connectivity index (χ2n) is 5.91. The minimum absolute atomic E-state index is 0.0504. The summed E-state index contributed by atoms with van der Waals surface area (Å²) in [4.78, 5) is 11.5. The first-order chi connectivity index (χ1) is 9.32. The predicted molar refractivity (Wildman–Crippen MR) is 84.9 cm³/mol. The van der Waals surface area contributed by atoms with Crippen LogP contribution in [0.15, 0.2) is 12.1 Å². The number of carbonyl (C=O) groups excluding carboxylic acids is 1. The van der Waals surface area contributed by atoms with Crippen LogP contribution in [0.25, 0.3) is 0 Å². The van der Waals surface area contributed by atoms with Gasteiger partial charge in [0, 0.05) is 25.0 Å². The van der Waals surface area contributed by atoms with Crippen molar-refractivity contribution in [1.29, 1.82) is 0 Å². The highest BCUT2D eigenvalue weighted by Gasteiger charge is 2.10. The van der Waals surface area contributed by atoms with Gasteiger partial charge >= 0.3 is 0 Å². The Bertz CT molecular complexity index is 466. The van der Waals surface area contributed by atoms with Gasteiger partial charge in [0.25, 0.3) is 0 Å². The molecule has 0 saturated carbocycles. The van der Waals surface area contributed by atoms with E-state index in [-0.39, 0.29) is 11.8 Å². The number of carbonyl (C=O) groups is 1. The number of hydrogen-bond acceptors (Lipinski definition) is 2. The summed E-state index contributed by atoms with van der Waals surface area (Å²) in [5.41, 5.74) is 5.32. The molecule has 0 heterocycles. The van der Waals surface area contributed by atoms with E-state index in [0.29, 0.717) is 12.6 Å². The van der Waals surface area contributed by atoms with Gasteiger partial charge in [-0.2, -0.15) is 0 Å². The molecule has 1 rings (SSSR count). The van der Waals surface area contributed by atoms with E-state index in [0.717, 1.165) is 6.54 Å². The molecule has 1 aromatic rings. The zero-order valence-corrected chi connectivity index (χ0v) is 13.6. The van der Waals surface area contributed by atoms with Gasteiger partial charge in [-0.1, -0.05) is 26.0 Å². The summed E-state index contributed by atoms with van der Waals surface area (Å²) < 4.78 is 0. The SMILES string of the molecule is Cc1cc(C)c(C(C)NCCNC(=O)C(C)C)cc1C. The molecule has 20 heavy (non-hydrogen) atoms. The lowest BCUT2D eigenvalue weighted by Crippen LogP contribution is -2.35. The van der Waals surface area contributed by atoms with Gasteiger partial charge in [0.1, 0.15) is 0 Å². The van der Waals surface area contributed by atoms with Crippen LogP contribution in [-0.4, -0.2) is 19.0 Å². The molecule has 1 amide bonds. The summed E-state index contributed by atoms with van der Waals surface area (Å²) in [5, 5.41) is 6.39. The molecule has 0 spiro atoms. The molecule has 0 aliphatic carbocycles. The van der Waals surface area contributed by atoms with E-state index in [9.17, 15) is 4.79 Å². The van der Waals surface area contributed by atoms with E-state index in [1.807, 2.05) is 13.8 Å². The van der Waals surface area contributed by atoms with Gasteiger partial charge in [-0.15, -0.1) is 0 Å². The topological polar surface area (TPSA) is 41.1 Å².